The first-order valence-corrected chi connectivity index (χ1v) is 9.37. The summed E-state index contributed by atoms with van der Waals surface area (Å²) in [5.41, 5.74) is 1.59. The summed E-state index contributed by atoms with van der Waals surface area (Å²) in [7, 11) is 1.57. The fourth-order valence-electron chi connectivity index (χ4n) is 3.87. The fraction of sp³-hybridized carbons (Fsp3) is 0.273. The lowest BCUT2D eigenvalue weighted by atomic mass is 10.0. The first-order valence-electron chi connectivity index (χ1n) is 9.37. The van der Waals surface area contributed by atoms with Crippen LogP contribution in [-0.2, 0) is 11.3 Å². The molecule has 0 unspecified atom stereocenters. The average molecular weight is 395 g/mol. The Hall–Kier alpha value is -3.32. The number of hydrogen-bond donors (Lipinski definition) is 2. The van der Waals surface area contributed by atoms with Gasteiger partial charge in [0.1, 0.15) is 29.4 Å². The van der Waals surface area contributed by atoms with E-state index < -0.39 is 12.0 Å². The van der Waals surface area contributed by atoms with Gasteiger partial charge >= 0.3 is 5.97 Å². The number of aliphatic carboxylic acids is 1. The quantitative estimate of drug-likeness (QED) is 0.684. The van der Waals surface area contributed by atoms with Crippen LogP contribution in [0.1, 0.15) is 18.4 Å². The van der Waals surface area contributed by atoms with Gasteiger partial charge in [0, 0.05) is 6.54 Å². The molecule has 0 bridgehead atoms. The van der Waals surface area contributed by atoms with Gasteiger partial charge in [0.05, 0.1) is 23.6 Å². The molecule has 1 fully saturated rings. The Morgan fingerprint density at radius 2 is 2.00 bits per heavy atom. The zero-order chi connectivity index (χ0) is 20.5. The van der Waals surface area contributed by atoms with E-state index in [0.717, 1.165) is 6.42 Å². The highest BCUT2D eigenvalue weighted by Crippen LogP contribution is 2.31. The Morgan fingerprint density at radius 3 is 2.69 bits per heavy atom. The molecular weight excluding hydrogens is 374 g/mol. The van der Waals surface area contributed by atoms with E-state index in [-0.39, 0.29) is 23.3 Å². The summed E-state index contributed by atoms with van der Waals surface area (Å²) in [6, 6.07) is 9.47. The molecular formula is C22H21NO6. The topological polar surface area (TPSA) is 100 Å². The zero-order valence-corrected chi connectivity index (χ0v) is 15.9. The number of hydrogen-bond acceptors (Lipinski definition) is 6. The molecule has 3 aromatic rings. The summed E-state index contributed by atoms with van der Waals surface area (Å²) in [6.07, 6.45) is 2.72. The van der Waals surface area contributed by atoms with Gasteiger partial charge in [0.25, 0.3) is 0 Å². The van der Waals surface area contributed by atoms with Gasteiger partial charge in [-0.2, -0.15) is 0 Å². The van der Waals surface area contributed by atoms with Crippen molar-refractivity contribution in [2.45, 2.75) is 25.4 Å². The maximum atomic E-state index is 13.1. The van der Waals surface area contributed by atoms with Crippen molar-refractivity contribution in [3.63, 3.8) is 0 Å². The van der Waals surface area contributed by atoms with E-state index in [9.17, 15) is 19.8 Å². The third-order valence-electron chi connectivity index (χ3n) is 5.43. The van der Waals surface area contributed by atoms with Crippen LogP contribution in [0.2, 0.25) is 0 Å². The number of carbonyl (C=O) groups is 1. The van der Waals surface area contributed by atoms with E-state index >= 15 is 0 Å². The Bertz CT molecular complexity index is 1120. The van der Waals surface area contributed by atoms with Crippen LogP contribution in [0.25, 0.3) is 22.1 Å². The van der Waals surface area contributed by atoms with Gasteiger partial charge in [-0.1, -0.05) is 12.1 Å². The number of phenols is 1. The van der Waals surface area contributed by atoms with E-state index in [1.807, 2.05) is 0 Å². The molecule has 0 radical (unpaired) electrons. The van der Waals surface area contributed by atoms with Crippen molar-refractivity contribution in [3.05, 3.63) is 58.4 Å². The average Bonchev–Trinajstić information content (AvgIpc) is 3.19. The third-order valence-corrected chi connectivity index (χ3v) is 5.43. The van der Waals surface area contributed by atoms with Crippen LogP contribution >= 0.6 is 0 Å². The lowest BCUT2D eigenvalue weighted by molar-refractivity contribution is -0.142. The molecule has 1 aliphatic rings. The maximum absolute atomic E-state index is 13.1. The summed E-state index contributed by atoms with van der Waals surface area (Å²) in [5, 5.41) is 20.1. The van der Waals surface area contributed by atoms with Crippen LogP contribution in [-0.4, -0.2) is 40.8 Å². The van der Waals surface area contributed by atoms with E-state index in [1.165, 1.54) is 18.4 Å². The number of ether oxygens (including phenoxy) is 1. The normalized spacial score (nSPS) is 16.9. The highest BCUT2D eigenvalue weighted by molar-refractivity contribution is 5.85. The minimum absolute atomic E-state index is 0.0195. The lowest BCUT2D eigenvalue weighted by Gasteiger charge is -2.22. The van der Waals surface area contributed by atoms with Gasteiger partial charge < -0.3 is 19.4 Å². The van der Waals surface area contributed by atoms with Crippen LogP contribution in [0.5, 0.6) is 11.5 Å². The Morgan fingerprint density at radius 1 is 1.24 bits per heavy atom. The molecule has 2 aromatic carbocycles. The first-order chi connectivity index (χ1) is 14.0. The van der Waals surface area contributed by atoms with Crippen LogP contribution < -0.4 is 10.2 Å². The fourth-order valence-corrected chi connectivity index (χ4v) is 3.87. The van der Waals surface area contributed by atoms with Crippen molar-refractivity contribution in [2.75, 3.05) is 13.7 Å². The second-order valence-electron chi connectivity index (χ2n) is 7.11. The molecule has 150 valence electrons. The SMILES string of the molecule is COc1ccc(-c2coc3c(CN4CCC[C@H]4C(=O)O)c(O)ccc3c2=O)cc1. The Labute approximate surface area is 166 Å². The van der Waals surface area contributed by atoms with Crippen molar-refractivity contribution >= 4 is 16.9 Å². The largest absolute Gasteiger partial charge is 0.507 e. The van der Waals surface area contributed by atoms with Crippen molar-refractivity contribution in [1.82, 2.24) is 4.90 Å². The van der Waals surface area contributed by atoms with E-state index in [0.29, 0.717) is 40.8 Å². The summed E-state index contributed by atoms with van der Waals surface area (Å²) in [5.74, 6) is -0.218. The second kappa shape index (κ2) is 7.60. The van der Waals surface area contributed by atoms with Crippen LogP contribution in [0.3, 0.4) is 0 Å². The van der Waals surface area contributed by atoms with Gasteiger partial charge in [-0.05, 0) is 49.2 Å². The van der Waals surface area contributed by atoms with Crippen LogP contribution in [0.4, 0.5) is 0 Å². The third kappa shape index (κ3) is 3.45. The second-order valence-corrected chi connectivity index (χ2v) is 7.11. The molecule has 1 saturated heterocycles. The Balaban J connectivity index is 1.77. The number of nitrogens with zero attached hydrogens (tertiary/aromatic N) is 1. The molecule has 1 aromatic heterocycles. The number of phenolic OH excluding ortho intramolecular Hbond substituents is 1. The molecule has 0 saturated carbocycles. The lowest BCUT2D eigenvalue weighted by Crippen LogP contribution is -2.35. The Kier molecular flexibility index (Phi) is 4.98. The molecule has 0 amide bonds. The number of likely N-dealkylation sites (tertiary alicyclic amines) is 1. The molecule has 29 heavy (non-hydrogen) atoms. The zero-order valence-electron chi connectivity index (χ0n) is 15.9. The molecule has 0 aliphatic carbocycles. The van der Waals surface area contributed by atoms with E-state index in [2.05, 4.69) is 0 Å². The van der Waals surface area contributed by atoms with Gasteiger partial charge in [0.2, 0.25) is 5.43 Å². The smallest absolute Gasteiger partial charge is 0.320 e. The minimum Gasteiger partial charge on any atom is -0.507 e. The minimum atomic E-state index is -0.884. The standard InChI is InChI=1S/C22H21NO6/c1-28-14-6-4-13(5-7-14)17-12-29-21-15(20(17)25)8-9-19(24)16(21)11-23-10-2-3-18(23)22(26)27/h4-9,12,18,24H,2-3,10-11H2,1H3,(H,26,27)/t18-/m0/s1. The summed E-state index contributed by atoms with van der Waals surface area (Å²) in [4.78, 5) is 26.3. The summed E-state index contributed by atoms with van der Waals surface area (Å²) in [6.45, 7) is 0.811. The molecule has 2 heterocycles. The monoisotopic (exact) mass is 395 g/mol. The highest BCUT2D eigenvalue weighted by Gasteiger charge is 2.31. The van der Waals surface area contributed by atoms with Gasteiger partial charge in [-0.25, -0.2) is 0 Å². The van der Waals surface area contributed by atoms with Crippen molar-refractivity contribution < 1.29 is 24.2 Å². The van der Waals surface area contributed by atoms with Crippen molar-refractivity contribution in [2.24, 2.45) is 0 Å². The maximum Gasteiger partial charge on any atom is 0.320 e. The van der Waals surface area contributed by atoms with E-state index in [1.54, 1.807) is 36.3 Å². The number of rotatable bonds is 5. The molecule has 1 aliphatic heterocycles. The molecule has 7 heteroatoms. The van der Waals surface area contributed by atoms with Gasteiger partial charge in [-0.3, -0.25) is 14.5 Å². The highest BCUT2D eigenvalue weighted by atomic mass is 16.5. The molecule has 4 rings (SSSR count). The van der Waals surface area contributed by atoms with Gasteiger partial charge in [0.15, 0.2) is 0 Å². The number of aromatic hydroxyl groups is 1. The molecule has 2 N–H and O–H groups in total. The molecule has 7 nitrogen and oxygen atoms in total. The number of fused-ring (bicyclic) bond motifs is 1. The number of carboxylic acids is 1. The first kappa shape index (κ1) is 19.0. The number of carboxylic acid groups (broad SMARTS) is 1. The summed E-state index contributed by atoms with van der Waals surface area (Å²) >= 11 is 0. The number of benzene rings is 2. The van der Waals surface area contributed by atoms with E-state index in [4.69, 9.17) is 9.15 Å². The van der Waals surface area contributed by atoms with Crippen molar-refractivity contribution in [1.29, 1.82) is 0 Å². The summed E-state index contributed by atoms with van der Waals surface area (Å²) < 4.78 is 10.9. The molecule has 0 spiro atoms. The predicted octanol–water partition coefficient (Wildman–Crippen LogP) is 3.22. The van der Waals surface area contributed by atoms with Gasteiger partial charge in [-0.15, -0.1) is 0 Å². The number of methoxy groups -OCH3 is 1. The predicted molar refractivity (Wildman–Crippen MR) is 107 cm³/mol. The van der Waals surface area contributed by atoms with Crippen molar-refractivity contribution in [3.8, 4) is 22.6 Å². The van der Waals surface area contributed by atoms with Crippen LogP contribution in [0, 0.1) is 0 Å². The van der Waals surface area contributed by atoms with Crippen LogP contribution in [0.15, 0.2) is 51.9 Å². The molecule has 1 atom stereocenters.